The Morgan fingerprint density at radius 3 is 2.94 bits per heavy atom. The lowest BCUT2D eigenvalue weighted by molar-refractivity contribution is -0.120. The van der Waals surface area contributed by atoms with Gasteiger partial charge in [-0.25, -0.2) is 0 Å². The second-order valence-electron chi connectivity index (χ2n) is 4.99. The van der Waals surface area contributed by atoms with E-state index < -0.39 is 0 Å². The molecule has 0 bridgehead atoms. The first-order valence-electron chi connectivity index (χ1n) is 6.39. The molecule has 0 heterocycles. The van der Waals surface area contributed by atoms with Crippen molar-refractivity contribution < 1.29 is 4.79 Å². The highest BCUT2D eigenvalue weighted by Crippen LogP contribution is 2.32. The summed E-state index contributed by atoms with van der Waals surface area (Å²) >= 11 is 3.47. The highest BCUT2D eigenvalue weighted by molar-refractivity contribution is 9.10. The van der Waals surface area contributed by atoms with Crippen LogP contribution in [-0.2, 0) is 4.79 Å². The Balaban J connectivity index is 2.04. The number of hydrogen-bond donors (Lipinski definition) is 2. The number of nitrogens with two attached hydrogens (primary N) is 1. The number of carbonyl (C=O) groups is 1. The van der Waals surface area contributed by atoms with E-state index in [1.54, 1.807) is 0 Å². The van der Waals surface area contributed by atoms with Crippen molar-refractivity contribution in [3.05, 3.63) is 28.2 Å². The minimum atomic E-state index is 0.0788. The average molecular weight is 311 g/mol. The topological polar surface area (TPSA) is 55.1 Å². The van der Waals surface area contributed by atoms with Crippen molar-refractivity contribution in [2.75, 3.05) is 11.9 Å². The summed E-state index contributed by atoms with van der Waals surface area (Å²) in [6, 6.07) is 5.87. The Morgan fingerprint density at radius 1 is 1.50 bits per heavy atom. The minimum absolute atomic E-state index is 0.0788. The molecule has 0 aliphatic heterocycles. The van der Waals surface area contributed by atoms with Gasteiger partial charge in [-0.3, -0.25) is 4.79 Å². The molecule has 1 saturated carbocycles. The van der Waals surface area contributed by atoms with Crippen LogP contribution < -0.4 is 11.1 Å². The van der Waals surface area contributed by atoms with E-state index in [9.17, 15) is 4.79 Å². The molecule has 0 radical (unpaired) electrons. The lowest BCUT2D eigenvalue weighted by Crippen LogP contribution is -2.29. The monoisotopic (exact) mass is 310 g/mol. The molecular formula is C14H19BrN2O. The molecule has 1 fully saturated rings. The number of nitrogens with one attached hydrogen (secondary N) is 1. The van der Waals surface area contributed by atoms with Crippen molar-refractivity contribution >= 4 is 27.5 Å². The fourth-order valence-corrected chi connectivity index (χ4v) is 2.95. The zero-order chi connectivity index (χ0) is 13.1. The SMILES string of the molecule is Cc1ccc(NC(=O)C2CCCC2CN)cc1Br. The van der Waals surface area contributed by atoms with Gasteiger partial charge in [0.25, 0.3) is 0 Å². The van der Waals surface area contributed by atoms with Crippen molar-refractivity contribution in [2.45, 2.75) is 26.2 Å². The van der Waals surface area contributed by atoms with E-state index in [4.69, 9.17) is 5.73 Å². The van der Waals surface area contributed by atoms with Crippen LogP contribution in [0.3, 0.4) is 0 Å². The summed E-state index contributed by atoms with van der Waals surface area (Å²) in [4.78, 5) is 12.2. The molecule has 1 aromatic carbocycles. The molecule has 2 atom stereocenters. The van der Waals surface area contributed by atoms with E-state index >= 15 is 0 Å². The van der Waals surface area contributed by atoms with Crippen LogP contribution in [-0.4, -0.2) is 12.5 Å². The smallest absolute Gasteiger partial charge is 0.227 e. The van der Waals surface area contributed by atoms with E-state index in [1.807, 2.05) is 25.1 Å². The molecule has 0 spiro atoms. The Bertz CT molecular complexity index is 447. The van der Waals surface area contributed by atoms with Crippen molar-refractivity contribution in [1.82, 2.24) is 0 Å². The maximum absolute atomic E-state index is 12.2. The molecule has 98 valence electrons. The van der Waals surface area contributed by atoms with Gasteiger partial charge in [-0.05, 0) is 49.9 Å². The maximum atomic E-state index is 12.2. The van der Waals surface area contributed by atoms with Crippen LogP contribution in [0.4, 0.5) is 5.69 Å². The van der Waals surface area contributed by atoms with E-state index in [-0.39, 0.29) is 11.8 Å². The Kier molecular flexibility index (Phi) is 4.40. The van der Waals surface area contributed by atoms with Gasteiger partial charge in [-0.2, -0.15) is 0 Å². The van der Waals surface area contributed by atoms with Crippen LogP contribution >= 0.6 is 15.9 Å². The zero-order valence-electron chi connectivity index (χ0n) is 10.6. The minimum Gasteiger partial charge on any atom is -0.330 e. The fraction of sp³-hybridized carbons (Fsp3) is 0.500. The molecule has 3 N–H and O–H groups in total. The van der Waals surface area contributed by atoms with Gasteiger partial charge in [-0.15, -0.1) is 0 Å². The molecule has 2 unspecified atom stereocenters. The Morgan fingerprint density at radius 2 is 2.28 bits per heavy atom. The third-order valence-electron chi connectivity index (χ3n) is 3.74. The molecule has 4 heteroatoms. The van der Waals surface area contributed by atoms with Crippen molar-refractivity contribution in [1.29, 1.82) is 0 Å². The van der Waals surface area contributed by atoms with E-state index in [0.29, 0.717) is 12.5 Å². The predicted molar refractivity (Wildman–Crippen MR) is 77.4 cm³/mol. The van der Waals surface area contributed by atoms with Crippen LogP contribution in [0, 0.1) is 18.8 Å². The molecule has 0 saturated heterocycles. The summed E-state index contributed by atoms with van der Waals surface area (Å²) in [5, 5.41) is 2.99. The molecule has 1 aliphatic carbocycles. The number of hydrogen-bond acceptors (Lipinski definition) is 2. The molecule has 18 heavy (non-hydrogen) atoms. The predicted octanol–water partition coefficient (Wildman–Crippen LogP) is 3.07. The Hall–Kier alpha value is -0.870. The lowest BCUT2D eigenvalue weighted by Gasteiger charge is -2.17. The number of aryl methyl sites for hydroxylation is 1. The number of rotatable bonds is 3. The number of amides is 1. The number of carbonyl (C=O) groups excluding carboxylic acids is 1. The van der Waals surface area contributed by atoms with Crippen molar-refractivity contribution in [3.63, 3.8) is 0 Å². The summed E-state index contributed by atoms with van der Waals surface area (Å²) in [7, 11) is 0. The maximum Gasteiger partial charge on any atom is 0.227 e. The lowest BCUT2D eigenvalue weighted by atomic mass is 9.95. The molecule has 3 nitrogen and oxygen atoms in total. The highest BCUT2D eigenvalue weighted by Gasteiger charge is 2.31. The van der Waals surface area contributed by atoms with Gasteiger partial charge >= 0.3 is 0 Å². The van der Waals surface area contributed by atoms with Gasteiger partial charge in [0.1, 0.15) is 0 Å². The Labute approximate surface area is 116 Å². The first-order chi connectivity index (χ1) is 8.61. The van der Waals surface area contributed by atoms with Crippen LogP contribution in [0.25, 0.3) is 0 Å². The zero-order valence-corrected chi connectivity index (χ0v) is 12.2. The van der Waals surface area contributed by atoms with Gasteiger partial charge in [0, 0.05) is 16.1 Å². The van der Waals surface area contributed by atoms with E-state index in [1.165, 1.54) is 0 Å². The molecule has 1 amide bonds. The number of anilines is 1. The highest BCUT2D eigenvalue weighted by atomic mass is 79.9. The molecular weight excluding hydrogens is 292 g/mol. The summed E-state index contributed by atoms with van der Waals surface area (Å²) in [6.45, 7) is 2.63. The standard InChI is InChI=1S/C14H19BrN2O/c1-9-5-6-11(7-13(9)15)17-14(18)12-4-2-3-10(12)8-16/h5-7,10,12H,2-4,8,16H2,1H3,(H,17,18). The molecule has 2 rings (SSSR count). The van der Waals surface area contributed by atoms with Gasteiger partial charge in [0.05, 0.1) is 0 Å². The number of halogens is 1. The molecule has 1 aliphatic rings. The summed E-state index contributed by atoms with van der Waals surface area (Å²) in [6.07, 6.45) is 3.14. The first-order valence-corrected chi connectivity index (χ1v) is 7.18. The van der Waals surface area contributed by atoms with Gasteiger partial charge in [-0.1, -0.05) is 28.4 Å². The fourth-order valence-electron chi connectivity index (χ4n) is 2.57. The summed E-state index contributed by atoms with van der Waals surface area (Å²) in [5.41, 5.74) is 7.72. The van der Waals surface area contributed by atoms with Crippen LogP contribution in [0.5, 0.6) is 0 Å². The van der Waals surface area contributed by atoms with E-state index in [0.717, 1.165) is 35.0 Å². The van der Waals surface area contributed by atoms with Gasteiger partial charge < -0.3 is 11.1 Å². The van der Waals surface area contributed by atoms with Crippen molar-refractivity contribution in [3.8, 4) is 0 Å². The number of benzene rings is 1. The van der Waals surface area contributed by atoms with E-state index in [2.05, 4.69) is 21.2 Å². The van der Waals surface area contributed by atoms with Crippen LogP contribution in [0.1, 0.15) is 24.8 Å². The van der Waals surface area contributed by atoms with Crippen LogP contribution in [0.2, 0.25) is 0 Å². The summed E-state index contributed by atoms with van der Waals surface area (Å²) in [5.74, 6) is 0.535. The third-order valence-corrected chi connectivity index (χ3v) is 4.59. The van der Waals surface area contributed by atoms with Gasteiger partial charge in [0.15, 0.2) is 0 Å². The van der Waals surface area contributed by atoms with Crippen molar-refractivity contribution in [2.24, 2.45) is 17.6 Å². The molecule has 0 aromatic heterocycles. The third kappa shape index (κ3) is 2.93. The van der Waals surface area contributed by atoms with Crippen LogP contribution in [0.15, 0.2) is 22.7 Å². The quantitative estimate of drug-likeness (QED) is 0.901. The van der Waals surface area contributed by atoms with Gasteiger partial charge in [0.2, 0.25) is 5.91 Å². The largest absolute Gasteiger partial charge is 0.330 e. The first kappa shape index (κ1) is 13.6. The normalized spacial score (nSPS) is 23.1. The second kappa shape index (κ2) is 5.85. The average Bonchev–Trinajstić information content (AvgIpc) is 2.82. The second-order valence-corrected chi connectivity index (χ2v) is 5.84. The molecule has 1 aromatic rings. The summed E-state index contributed by atoms with van der Waals surface area (Å²) < 4.78 is 1.02.